The Morgan fingerprint density at radius 1 is 0.972 bits per heavy atom. The van der Waals surface area contributed by atoms with Gasteiger partial charge >= 0.3 is 0 Å². The molecule has 0 aliphatic heterocycles. The first-order valence-electron chi connectivity index (χ1n) is 12.5. The fourth-order valence-electron chi connectivity index (χ4n) is 3.96. The summed E-state index contributed by atoms with van der Waals surface area (Å²) in [7, 11) is 0. The third kappa shape index (κ3) is 8.72. The molecule has 0 saturated heterocycles. The van der Waals surface area contributed by atoms with Gasteiger partial charge in [-0.3, -0.25) is 9.59 Å². The van der Waals surface area contributed by atoms with Crippen LogP contribution < -0.4 is 5.32 Å². The Balaban J connectivity index is 1.83. The summed E-state index contributed by atoms with van der Waals surface area (Å²) >= 11 is 7.61. The zero-order valence-corrected chi connectivity index (χ0v) is 22.7. The summed E-state index contributed by atoms with van der Waals surface area (Å²) in [6, 6.07) is 25.0. The molecule has 190 valence electrons. The summed E-state index contributed by atoms with van der Waals surface area (Å²) in [5.74, 6) is 0.506. The minimum Gasteiger partial charge on any atom is -0.354 e. The lowest BCUT2D eigenvalue weighted by Crippen LogP contribution is -2.50. The van der Waals surface area contributed by atoms with Crippen molar-refractivity contribution in [1.82, 2.24) is 10.2 Å². The number of unbranched alkanes of at least 4 members (excludes halogenated alkanes) is 1. The third-order valence-electron chi connectivity index (χ3n) is 6.10. The number of rotatable bonds is 13. The molecule has 36 heavy (non-hydrogen) atoms. The minimum absolute atomic E-state index is 0.0220. The first-order chi connectivity index (χ1) is 17.5. The monoisotopic (exact) mass is 522 g/mol. The van der Waals surface area contributed by atoms with Crippen molar-refractivity contribution in [2.45, 2.75) is 57.0 Å². The largest absolute Gasteiger partial charge is 0.354 e. The average Bonchev–Trinajstić information content (AvgIpc) is 2.89. The van der Waals surface area contributed by atoms with E-state index in [-0.39, 0.29) is 11.8 Å². The molecule has 0 saturated carbocycles. The van der Waals surface area contributed by atoms with Crippen LogP contribution in [0.2, 0.25) is 5.02 Å². The van der Waals surface area contributed by atoms with Gasteiger partial charge in [0.15, 0.2) is 0 Å². The van der Waals surface area contributed by atoms with Crippen molar-refractivity contribution >= 4 is 35.2 Å². The zero-order valence-electron chi connectivity index (χ0n) is 21.1. The van der Waals surface area contributed by atoms with Gasteiger partial charge in [-0.25, -0.2) is 0 Å². The van der Waals surface area contributed by atoms with Crippen molar-refractivity contribution in [1.29, 1.82) is 0 Å². The Morgan fingerprint density at radius 3 is 2.36 bits per heavy atom. The van der Waals surface area contributed by atoms with Crippen LogP contribution in [-0.2, 0) is 22.6 Å². The number of amides is 2. The summed E-state index contributed by atoms with van der Waals surface area (Å²) in [6.45, 7) is 5.15. The van der Waals surface area contributed by atoms with Crippen LogP contribution in [0.3, 0.4) is 0 Å². The Hall–Kier alpha value is -2.76. The molecule has 0 aliphatic rings. The maximum atomic E-state index is 13.7. The van der Waals surface area contributed by atoms with Gasteiger partial charge in [0.1, 0.15) is 6.04 Å². The van der Waals surface area contributed by atoms with E-state index in [4.69, 9.17) is 11.6 Å². The quantitative estimate of drug-likeness (QED) is 0.201. The molecule has 1 N–H and O–H groups in total. The van der Waals surface area contributed by atoms with E-state index in [2.05, 4.69) is 12.2 Å². The van der Waals surface area contributed by atoms with Crippen molar-refractivity contribution in [3.63, 3.8) is 0 Å². The number of nitrogens with one attached hydrogen (secondary N) is 1. The fourth-order valence-corrected chi connectivity index (χ4v) is 4.93. The molecular weight excluding hydrogens is 488 g/mol. The summed E-state index contributed by atoms with van der Waals surface area (Å²) in [6.07, 6.45) is 2.72. The van der Waals surface area contributed by atoms with Crippen molar-refractivity contribution in [3.05, 3.63) is 101 Å². The van der Waals surface area contributed by atoms with E-state index in [0.29, 0.717) is 36.7 Å². The second-order valence-electron chi connectivity index (χ2n) is 8.85. The van der Waals surface area contributed by atoms with Crippen LogP contribution in [0.1, 0.15) is 42.9 Å². The number of thioether (sulfide) groups is 1. The van der Waals surface area contributed by atoms with Crippen LogP contribution in [0.25, 0.3) is 0 Å². The lowest BCUT2D eigenvalue weighted by atomic mass is 10.0. The second-order valence-corrected chi connectivity index (χ2v) is 10.5. The highest BCUT2D eigenvalue weighted by Gasteiger charge is 2.30. The molecule has 0 aromatic heterocycles. The maximum Gasteiger partial charge on any atom is 0.243 e. The molecule has 4 nitrogen and oxygen atoms in total. The summed E-state index contributed by atoms with van der Waals surface area (Å²) < 4.78 is 0. The van der Waals surface area contributed by atoms with Gasteiger partial charge in [-0.05, 0) is 54.3 Å². The van der Waals surface area contributed by atoms with Crippen molar-refractivity contribution in [3.8, 4) is 0 Å². The molecule has 0 fully saturated rings. The van der Waals surface area contributed by atoms with Crippen LogP contribution in [0.5, 0.6) is 0 Å². The number of nitrogens with zero attached hydrogens (tertiary/aromatic N) is 1. The molecule has 0 heterocycles. The maximum absolute atomic E-state index is 13.7. The number of carbonyl (C=O) groups excluding carboxylic acids is 2. The van der Waals surface area contributed by atoms with E-state index in [0.717, 1.165) is 34.4 Å². The molecule has 3 aromatic rings. The average molecular weight is 523 g/mol. The van der Waals surface area contributed by atoms with Gasteiger partial charge in [0.05, 0.1) is 0 Å². The lowest BCUT2D eigenvalue weighted by Gasteiger charge is -2.32. The number of hydrogen-bond acceptors (Lipinski definition) is 3. The van der Waals surface area contributed by atoms with Crippen LogP contribution in [0.15, 0.2) is 83.8 Å². The molecule has 0 radical (unpaired) electrons. The highest BCUT2D eigenvalue weighted by Crippen LogP contribution is 2.23. The van der Waals surface area contributed by atoms with Crippen molar-refractivity contribution in [2.24, 2.45) is 0 Å². The predicted octanol–water partition coefficient (Wildman–Crippen LogP) is 6.69. The fraction of sp³-hybridized carbons (Fsp3) is 0.333. The molecular formula is C30H35ClN2O2S. The molecule has 3 aromatic carbocycles. The smallest absolute Gasteiger partial charge is 0.243 e. The predicted molar refractivity (Wildman–Crippen MR) is 150 cm³/mol. The topological polar surface area (TPSA) is 49.4 Å². The lowest BCUT2D eigenvalue weighted by molar-refractivity contribution is -0.141. The molecule has 0 spiro atoms. The number of aryl methyl sites for hydroxylation is 1. The van der Waals surface area contributed by atoms with E-state index >= 15 is 0 Å². The molecule has 3 rings (SSSR count). The van der Waals surface area contributed by atoms with Gasteiger partial charge in [-0.15, -0.1) is 11.8 Å². The van der Waals surface area contributed by atoms with E-state index < -0.39 is 6.04 Å². The Kier molecular flexibility index (Phi) is 11.4. The Bertz CT molecular complexity index is 1110. The standard InChI is InChI=1S/C30H35ClN2O2S/c1-3-4-19-32-30(35)28(21-24-11-6-5-7-12-24)33(22-25-13-9-8-10-23(25)2)29(34)18-20-36-27-16-14-26(31)15-17-27/h5-17,28H,3-4,18-22H2,1-2H3,(H,32,35). The van der Waals surface area contributed by atoms with E-state index in [1.807, 2.05) is 85.8 Å². The highest BCUT2D eigenvalue weighted by atomic mass is 35.5. The Labute approximate surface area is 224 Å². The van der Waals surface area contributed by atoms with Gasteiger partial charge in [0.25, 0.3) is 0 Å². The third-order valence-corrected chi connectivity index (χ3v) is 7.37. The van der Waals surface area contributed by atoms with Crippen LogP contribution >= 0.6 is 23.4 Å². The Morgan fingerprint density at radius 2 is 1.67 bits per heavy atom. The van der Waals surface area contributed by atoms with E-state index in [1.54, 1.807) is 16.7 Å². The molecule has 0 aliphatic carbocycles. The zero-order chi connectivity index (χ0) is 25.8. The number of benzene rings is 3. The van der Waals surface area contributed by atoms with E-state index in [9.17, 15) is 9.59 Å². The van der Waals surface area contributed by atoms with Gasteiger partial charge in [0.2, 0.25) is 11.8 Å². The summed E-state index contributed by atoms with van der Waals surface area (Å²) in [5, 5.41) is 3.77. The van der Waals surface area contributed by atoms with Gasteiger partial charge in [-0.1, -0.05) is 79.5 Å². The van der Waals surface area contributed by atoms with Crippen LogP contribution in [0.4, 0.5) is 0 Å². The van der Waals surface area contributed by atoms with Gasteiger partial charge in [-0.2, -0.15) is 0 Å². The first-order valence-corrected chi connectivity index (χ1v) is 13.9. The van der Waals surface area contributed by atoms with Gasteiger partial charge < -0.3 is 10.2 Å². The second kappa shape index (κ2) is 14.7. The van der Waals surface area contributed by atoms with Crippen molar-refractivity contribution in [2.75, 3.05) is 12.3 Å². The molecule has 2 amide bonds. The summed E-state index contributed by atoms with van der Waals surface area (Å²) in [4.78, 5) is 30.0. The SMILES string of the molecule is CCCCNC(=O)C(Cc1ccccc1)N(Cc1ccccc1C)C(=O)CCSc1ccc(Cl)cc1. The minimum atomic E-state index is -0.586. The number of carbonyl (C=O) groups is 2. The van der Waals surface area contributed by atoms with Crippen LogP contribution in [-0.4, -0.2) is 35.1 Å². The molecule has 1 unspecified atom stereocenters. The number of hydrogen-bond donors (Lipinski definition) is 1. The first kappa shape index (κ1) is 27.8. The molecule has 6 heteroatoms. The van der Waals surface area contributed by atoms with Crippen molar-refractivity contribution < 1.29 is 9.59 Å². The van der Waals surface area contributed by atoms with E-state index in [1.165, 1.54) is 0 Å². The van der Waals surface area contributed by atoms with Crippen LogP contribution in [0, 0.1) is 6.92 Å². The normalized spacial score (nSPS) is 11.6. The molecule has 0 bridgehead atoms. The number of halogens is 1. The molecule has 1 atom stereocenters. The van der Waals surface area contributed by atoms with Gasteiger partial charge in [0, 0.05) is 41.6 Å². The summed E-state index contributed by atoms with van der Waals surface area (Å²) in [5.41, 5.74) is 3.19. The highest BCUT2D eigenvalue weighted by molar-refractivity contribution is 7.99.